The van der Waals surface area contributed by atoms with Crippen molar-refractivity contribution >= 4 is 11.9 Å². The van der Waals surface area contributed by atoms with E-state index in [0.29, 0.717) is 0 Å². The lowest BCUT2D eigenvalue weighted by Crippen LogP contribution is -2.04. The van der Waals surface area contributed by atoms with Crippen LogP contribution in [0.3, 0.4) is 0 Å². The molecule has 0 radical (unpaired) electrons. The van der Waals surface area contributed by atoms with E-state index in [9.17, 15) is 9.59 Å². The molecule has 0 aliphatic heterocycles. The minimum Gasteiger partial charge on any atom is -0.481 e. The van der Waals surface area contributed by atoms with Crippen LogP contribution in [0.1, 0.15) is 6.42 Å². The fourth-order valence-corrected chi connectivity index (χ4v) is 0.326. The van der Waals surface area contributed by atoms with Crippen molar-refractivity contribution in [2.24, 2.45) is 0 Å². The van der Waals surface area contributed by atoms with Crippen LogP contribution in [0.5, 0.6) is 0 Å². The molecule has 2 N–H and O–H groups in total. The van der Waals surface area contributed by atoms with E-state index in [1.165, 1.54) is 12.5 Å². The van der Waals surface area contributed by atoms with E-state index in [-0.39, 0.29) is 5.57 Å². The van der Waals surface area contributed by atoms with E-state index < -0.39 is 18.4 Å². The Bertz CT molecular complexity index is 236. The molecule has 0 spiro atoms. The SMILES string of the molecule is C=C(CC(=O)O)C(=O)O.C=COC=C. The Morgan fingerprint density at radius 3 is 1.71 bits per heavy atom. The molecule has 0 aliphatic rings. The van der Waals surface area contributed by atoms with Crippen LogP contribution in [0.15, 0.2) is 37.8 Å². The van der Waals surface area contributed by atoms with Gasteiger partial charge in [0.1, 0.15) is 0 Å². The summed E-state index contributed by atoms with van der Waals surface area (Å²) in [5.41, 5.74) is -0.303. The van der Waals surface area contributed by atoms with Gasteiger partial charge in [-0.25, -0.2) is 4.79 Å². The maximum atomic E-state index is 9.87. The van der Waals surface area contributed by atoms with Crippen LogP contribution < -0.4 is 0 Å². The van der Waals surface area contributed by atoms with Gasteiger partial charge >= 0.3 is 11.9 Å². The van der Waals surface area contributed by atoms with Crippen molar-refractivity contribution in [2.45, 2.75) is 6.42 Å². The van der Waals surface area contributed by atoms with Gasteiger partial charge in [0.05, 0.1) is 18.9 Å². The molecule has 0 amide bonds. The Kier molecular flexibility index (Phi) is 9.36. The van der Waals surface area contributed by atoms with Gasteiger partial charge in [0, 0.05) is 5.57 Å². The summed E-state index contributed by atoms with van der Waals surface area (Å²) in [6.07, 6.45) is 2.12. The Morgan fingerprint density at radius 1 is 1.21 bits per heavy atom. The minimum absolute atomic E-state index is 0.303. The summed E-state index contributed by atoms with van der Waals surface area (Å²) in [6, 6.07) is 0. The second-order valence-corrected chi connectivity index (χ2v) is 1.95. The lowest BCUT2D eigenvalue weighted by atomic mass is 10.2. The average molecular weight is 200 g/mol. The topological polar surface area (TPSA) is 83.8 Å². The summed E-state index contributed by atoms with van der Waals surface area (Å²) in [4.78, 5) is 19.7. The Labute approximate surface area is 81.6 Å². The molecule has 0 saturated carbocycles. The zero-order chi connectivity index (χ0) is 11.6. The van der Waals surface area contributed by atoms with E-state index in [0.717, 1.165) is 0 Å². The third kappa shape index (κ3) is 12.6. The average Bonchev–Trinajstić information content (AvgIpc) is 2.05. The molecule has 0 bridgehead atoms. The Morgan fingerprint density at radius 2 is 1.64 bits per heavy atom. The van der Waals surface area contributed by atoms with E-state index >= 15 is 0 Å². The molecule has 5 heteroatoms. The molecule has 0 atom stereocenters. The van der Waals surface area contributed by atoms with Gasteiger partial charge in [0.2, 0.25) is 0 Å². The first-order valence-corrected chi connectivity index (χ1v) is 3.45. The molecular weight excluding hydrogens is 188 g/mol. The molecule has 0 unspecified atom stereocenters. The largest absolute Gasteiger partial charge is 0.481 e. The number of hydrogen-bond donors (Lipinski definition) is 2. The predicted octanol–water partition coefficient (Wildman–Crippen LogP) is 1.39. The maximum Gasteiger partial charge on any atom is 0.331 e. The third-order valence-corrected chi connectivity index (χ3v) is 0.860. The van der Waals surface area contributed by atoms with Crippen LogP contribution in [0.4, 0.5) is 0 Å². The van der Waals surface area contributed by atoms with Crippen molar-refractivity contribution in [1.82, 2.24) is 0 Å². The maximum absolute atomic E-state index is 9.87. The van der Waals surface area contributed by atoms with Gasteiger partial charge in [0.25, 0.3) is 0 Å². The first-order valence-electron chi connectivity index (χ1n) is 3.45. The van der Waals surface area contributed by atoms with Crippen LogP contribution in [0.25, 0.3) is 0 Å². The first-order chi connectivity index (χ1) is 6.45. The van der Waals surface area contributed by atoms with Crippen LogP contribution >= 0.6 is 0 Å². The van der Waals surface area contributed by atoms with Crippen molar-refractivity contribution in [1.29, 1.82) is 0 Å². The quantitative estimate of drug-likeness (QED) is 0.517. The van der Waals surface area contributed by atoms with E-state index in [2.05, 4.69) is 24.5 Å². The summed E-state index contributed by atoms with van der Waals surface area (Å²) in [5.74, 6) is -2.44. The second kappa shape index (κ2) is 9.05. The number of rotatable bonds is 5. The number of aliphatic carboxylic acids is 2. The van der Waals surface area contributed by atoms with Gasteiger partial charge in [0.15, 0.2) is 0 Å². The van der Waals surface area contributed by atoms with E-state index in [1.807, 2.05) is 0 Å². The number of ether oxygens (including phenoxy) is 1. The molecule has 0 aromatic heterocycles. The highest BCUT2D eigenvalue weighted by Gasteiger charge is 2.07. The first kappa shape index (κ1) is 14.5. The molecule has 14 heavy (non-hydrogen) atoms. The molecule has 5 nitrogen and oxygen atoms in total. The van der Waals surface area contributed by atoms with Gasteiger partial charge in [-0.3, -0.25) is 4.79 Å². The zero-order valence-electron chi connectivity index (χ0n) is 7.60. The summed E-state index contributed by atoms with van der Waals surface area (Å²) in [5, 5.41) is 16.1. The number of hydrogen-bond acceptors (Lipinski definition) is 3. The van der Waals surface area contributed by atoms with Crippen molar-refractivity contribution in [3.05, 3.63) is 37.8 Å². The minimum atomic E-state index is -1.27. The number of carboxylic acids is 2. The molecule has 0 aromatic carbocycles. The van der Waals surface area contributed by atoms with Gasteiger partial charge < -0.3 is 14.9 Å². The Hall–Kier alpha value is -2.04. The van der Waals surface area contributed by atoms with E-state index in [1.54, 1.807) is 0 Å². The molecule has 0 heterocycles. The van der Waals surface area contributed by atoms with Crippen LogP contribution in [0, 0.1) is 0 Å². The fourth-order valence-electron chi connectivity index (χ4n) is 0.326. The molecule has 0 fully saturated rings. The second-order valence-electron chi connectivity index (χ2n) is 1.95. The predicted molar refractivity (Wildman–Crippen MR) is 50.5 cm³/mol. The van der Waals surface area contributed by atoms with Crippen LogP contribution in [-0.4, -0.2) is 22.2 Å². The van der Waals surface area contributed by atoms with Crippen molar-refractivity contribution < 1.29 is 24.5 Å². The van der Waals surface area contributed by atoms with Crippen LogP contribution in [0.2, 0.25) is 0 Å². The third-order valence-electron chi connectivity index (χ3n) is 0.860. The highest BCUT2D eigenvalue weighted by atomic mass is 16.5. The number of carboxylic acid groups (broad SMARTS) is 2. The van der Waals surface area contributed by atoms with Gasteiger partial charge in [-0.15, -0.1) is 0 Å². The molecule has 0 saturated heterocycles. The standard InChI is InChI=1S/C5H6O4.C4H6O/c1-3(5(8)9)2-4(6)7;1-3-5-4-2/h1-2H2,(H,6,7)(H,8,9);3-4H,1-2H2. The van der Waals surface area contributed by atoms with Gasteiger partial charge in [-0.05, 0) is 0 Å². The lowest BCUT2D eigenvalue weighted by Gasteiger charge is -1.91. The molecule has 78 valence electrons. The molecular formula is C9H12O5. The van der Waals surface area contributed by atoms with Crippen molar-refractivity contribution in [3.63, 3.8) is 0 Å². The smallest absolute Gasteiger partial charge is 0.331 e. The molecule has 0 aromatic rings. The highest BCUT2D eigenvalue weighted by Crippen LogP contribution is 1.95. The number of carbonyl (C=O) groups is 2. The normalized spacial score (nSPS) is 7.43. The summed E-state index contributed by atoms with van der Waals surface area (Å²) in [6.45, 7) is 9.53. The Balaban J connectivity index is 0. The summed E-state index contributed by atoms with van der Waals surface area (Å²) >= 11 is 0. The molecule has 0 aliphatic carbocycles. The summed E-state index contributed by atoms with van der Waals surface area (Å²) in [7, 11) is 0. The fraction of sp³-hybridized carbons (Fsp3) is 0.111. The zero-order valence-corrected chi connectivity index (χ0v) is 7.60. The van der Waals surface area contributed by atoms with Gasteiger partial charge in [-0.2, -0.15) is 0 Å². The molecule has 0 rings (SSSR count). The van der Waals surface area contributed by atoms with E-state index in [4.69, 9.17) is 10.2 Å². The van der Waals surface area contributed by atoms with Crippen LogP contribution in [-0.2, 0) is 14.3 Å². The summed E-state index contributed by atoms with van der Waals surface area (Å²) < 4.78 is 4.36. The van der Waals surface area contributed by atoms with Crippen molar-refractivity contribution in [3.8, 4) is 0 Å². The lowest BCUT2D eigenvalue weighted by molar-refractivity contribution is -0.139. The van der Waals surface area contributed by atoms with Crippen molar-refractivity contribution in [2.75, 3.05) is 0 Å². The monoisotopic (exact) mass is 200 g/mol. The highest BCUT2D eigenvalue weighted by molar-refractivity contribution is 5.91. The van der Waals surface area contributed by atoms with Gasteiger partial charge in [-0.1, -0.05) is 19.7 Å².